The first kappa shape index (κ1) is 22.3. The number of nitrogens with one attached hydrogen (secondary N) is 1. The lowest BCUT2D eigenvalue weighted by molar-refractivity contribution is -0.111. The average molecular weight is 442 g/mol. The SMILES string of the molecule is CCOC(=O)N1CCc2c(sc(NC(=O)C=Cc3ccccc3OCCO)c2C#N)C1. The molecule has 0 saturated heterocycles. The first-order chi connectivity index (χ1) is 15.1. The van der Waals surface area contributed by atoms with Gasteiger partial charge in [-0.3, -0.25) is 4.79 Å². The van der Waals surface area contributed by atoms with Gasteiger partial charge in [-0.15, -0.1) is 11.3 Å². The number of nitriles is 1. The highest BCUT2D eigenvalue weighted by Crippen LogP contribution is 2.36. The van der Waals surface area contributed by atoms with Crippen LogP contribution in [0.1, 0.15) is 28.5 Å². The van der Waals surface area contributed by atoms with Crippen LogP contribution in [0.4, 0.5) is 9.80 Å². The lowest BCUT2D eigenvalue weighted by Gasteiger charge is -2.25. The summed E-state index contributed by atoms with van der Waals surface area (Å²) in [5.74, 6) is 0.179. The van der Waals surface area contributed by atoms with Crippen LogP contribution in [0.3, 0.4) is 0 Å². The van der Waals surface area contributed by atoms with Crippen LogP contribution in [0.5, 0.6) is 5.75 Å². The molecule has 0 bridgehead atoms. The summed E-state index contributed by atoms with van der Waals surface area (Å²) < 4.78 is 10.5. The van der Waals surface area contributed by atoms with Gasteiger partial charge in [0, 0.05) is 23.1 Å². The molecule has 3 rings (SSSR count). The minimum Gasteiger partial charge on any atom is -0.491 e. The number of fused-ring (bicyclic) bond motifs is 1. The van der Waals surface area contributed by atoms with Gasteiger partial charge in [-0.2, -0.15) is 5.26 Å². The van der Waals surface area contributed by atoms with Crippen molar-refractivity contribution in [1.29, 1.82) is 5.26 Å². The zero-order chi connectivity index (χ0) is 22.2. The molecule has 0 atom stereocenters. The normalized spacial score (nSPS) is 12.9. The predicted octanol–water partition coefficient (Wildman–Crippen LogP) is 3.16. The molecule has 0 aliphatic carbocycles. The van der Waals surface area contributed by atoms with Crippen molar-refractivity contribution in [3.8, 4) is 11.8 Å². The Balaban J connectivity index is 1.72. The number of rotatable bonds is 7. The highest BCUT2D eigenvalue weighted by atomic mass is 32.1. The first-order valence-corrected chi connectivity index (χ1v) is 10.7. The number of aliphatic hydroxyl groups excluding tert-OH is 1. The van der Waals surface area contributed by atoms with E-state index in [1.807, 2.05) is 6.07 Å². The number of para-hydroxylation sites is 1. The largest absolute Gasteiger partial charge is 0.491 e. The maximum Gasteiger partial charge on any atom is 0.410 e. The van der Waals surface area contributed by atoms with Crippen molar-refractivity contribution in [1.82, 2.24) is 4.90 Å². The van der Waals surface area contributed by atoms with Gasteiger partial charge in [-0.05, 0) is 31.1 Å². The van der Waals surface area contributed by atoms with Crippen LogP contribution in [-0.2, 0) is 22.5 Å². The fourth-order valence-electron chi connectivity index (χ4n) is 3.20. The number of ether oxygens (including phenoxy) is 2. The average Bonchev–Trinajstić information content (AvgIpc) is 3.12. The Hall–Kier alpha value is -3.35. The highest BCUT2D eigenvalue weighted by Gasteiger charge is 2.27. The molecule has 9 heteroatoms. The second kappa shape index (κ2) is 10.6. The summed E-state index contributed by atoms with van der Waals surface area (Å²) in [7, 11) is 0. The summed E-state index contributed by atoms with van der Waals surface area (Å²) in [6, 6.07) is 9.35. The second-order valence-electron chi connectivity index (χ2n) is 6.62. The molecule has 8 nitrogen and oxygen atoms in total. The number of hydrogen-bond acceptors (Lipinski definition) is 7. The van der Waals surface area contributed by atoms with Gasteiger partial charge in [0.05, 0.1) is 25.3 Å². The van der Waals surface area contributed by atoms with E-state index in [4.69, 9.17) is 14.6 Å². The van der Waals surface area contributed by atoms with Gasteiger partial charge >= 0.3 is 6.09 Å². The highest BCUT2D eigenvalue weighted by molar-refractivity contribution is 7.16. The number of benzene rings is 1. The number of amides is 2. The summed E-state index contributed by atoms with van der Waals surface area (Å²) in [6.07, 6.45) is 3.14. The van der Waals surface area contributed by atoms with E-state index in [2.05, 4.69) is 11.4 Å². The maximum atomic E-state index is 12.5. The van der Waals surface area contributed by atoms with Gasteiger partial charge in [0.2, 0.25) is 5.91 Å². The van der Waals surface area contributed by atoms with E-state index in [-0.39, 0.29) is 25.2 Å². The number of hydrogen-bond donors (Lipinski definition) is 2. The Morgan fingerprint density at radius 3 is 2.94 bits per heavy atom. The van der Waals surface area contributed by atoms with E-state index >= 15 is 0 Å². The zero-order valence-corrected chi connectivity index (χ0v) is 17.9. The molecule has 0 spiro atoms. The van der Waals surface area contributed by atoms with Crippen LogP contribution in [0.15, 0.2) is 30.3 Å². The standard InChI is InChI=1S/C22H23N3O5S/c1-2-29-22(28)25-10-9-16-17(13-23)21(31-19(16)14-25)24-20(27)8-7-15-5-3-4-6-18(15)30-12-11-26/h3-8,26H,2,9-12,14H2,1H3,(H,24,27). The van der Waals surface area contributed by atoms with Crippen LogP contribution >= 0.6 is 11.3 Å². The molecule has 0 unspecified atom stereocenters. The summed E-state index contributed by atoms with van der Waals surface area (Å²) in [4.78, 5) is 27.0. The van der Waals surface area contributed by atoms with E-state index < -0.39 is 0 Å². The van der Waals surface area contributed by atoms with Gasteiger partial charge in [-0.1, -0.05) is 18.2 Å². The molecule has 2 aromatic rings. The molecule has 31 heavy (non-hydrogen) atoms. The predicted molar refractivity (Wildman–Crippen MR) is 117 cm³/mol. The molecule has 1 aromatic carbocycles. The maximum absolute atomic E-state index is 12.5. The molecule has 1 aromatic heterocycles. The van der Waals surface area contributed by atoms with Gasteiger partial charge in [0.1, 0.15) is 23.4 Å². The zero-order valence-electron chi connectivity index (χ0n) is 17.1. The van der Waals surface area contributed by atoms with E-state index in [9.17, 15) is 14.9 Å². The van der Waals surface area contributed by atoms with Crippen LogP contribution < -0.4 is 10.1 Å². The number of carbonyl (C=O) groups is 2. The Bertz CT molecular complexity index is 1020. The van der Waals surface area contributed by atoms with Gasteiger partial charge < -0.3 is 24.8 Å². The molecule has 0 fully saturated rings. The summed E-state index contributed by atoms with van der Waals surface area (Å²) in [5.41, 5.74) is 2.01. The van der Waals surface area contributed by atoms with E-state index in [0.29, 0.717) is 48.0 Å². The van der Waals surface area contributed by atoms with Crippen molar-refractivity contribution in [2.24, 2.45) is 0 Å². The van der Waals surface area contributed by atoms with Crippen LogP contribution in [-0.4, -0.2) is 48.4 Å². The van der Waals surface area contributed by atoms with Gasteiger partial charge in [-0.25, -0.2) is 4.79 Å². The summed E-state index contributed by atoms with van der Waals surface area (Å²) in [5, 5.41) is 21.8. The molecule has 1 aliphatic rings. The number of nitrogens with zero attached hydrogens (tertiary/aromatic N) is 2. The van der Waals surface area contributed by atoms with Crippen LogP contribution in [0.2, 0.25) is 0 Å². The molecule has 2 amide bonds. The molecule has 1 aliphatic heterocycles. The second-order valence-corrected chi connectivity index (χ2v) is 7.73. The number of thiophene rings is 1. The summed E-state index contributed by atoms with van der Waals surface area (Å²) >= 11 is 1.30. The lowest BCUT2D eigenvalue weighted by Crippen LogP contribution is -2.35. The Morgan fingerprint density at radius 2 is 2.19 bits per heavy atom. The quantitative estimate of drug-likeness (QED) is 0.639. The third-order valence-corrected chi connectivity index (χ3v) is 5.75. The van der Waals surface area contributed by atoms with E-state index in [1.165, 1.54) is 17.4 Å². The fourth-order valence-corrected chi connectivity index (χ4v) is 4.42. The van der Waals surface area contributed by atoms with Crippen LogP contribution in [0, 0.1) is 11.3 Å². The van der Waals surface area contributed by atoms with Crippen molar-refractivity contribution in [3.63, 3.8) is 0 Å². The van der Waals surface area contributed by atoms with E-state index in [0.717, 1.165) is 10.4 Å². The third-order valence-electron chi connectivity index (χ3n) is 4.61. The Labute approximate surface area is 184 Å². The minimum atomic E-state index is -0.380. The van der Waals surface area contributed by atoms with Crippen molar-refractivity contribution in [2.45, 2.75) is 19.9 Å². The Kier molecular flexibility index (Phi) is 7.65. The molecular formula is C22H23N3O5S. The molecule has 0 saturated carbocycles. The van der Waals surface area contributed by atoms with Crippen LogP contribution in [0.25, 0.3) is 6.08 Å². The molecule has 0 radical (unpaired) electrons. The Morgan fingerprint density at radius 1 is 1.39 bits per heavy atom. The van der Waals surface area contributed by atoms with Crippen molar-refractivity contribution in [3.05, 3.63) is 51.9 Å². The van der Waals surface area contributed by atoms with Gasteiger partial charge in [0.25, 0.3) is 0 Å². The molecule has 162 valence electrons. The van der Waals surface area contributed by atoms with Crippen molar-refractivity contribution in [2.75, 3.05) is 31.7 Å². The lowest BCUT2D eigenvalue weighted by atomic mass is 10.0. The number of aliphatic hydroxyl groups is 1. The smallest absolute Gasteiger partial charge is 0.410 e. The number of carbonyl (C=O) groups excluding carboxylic acids is 2. The third kappa shape index (κ3) is 5.42. The van der Waals surface area contributed by atoms with Crippen molar-refractivity contribution < 1.29 is 24.2 Å². The topological polar surface area (TPSA) is 112 Å². The molecule has 2 heterocycles. The minimum absolute atomic E-state index is 0.105. The monoisotopic (exact) mass is 441 g/mol. The van der Waals surface area contributed by atoms with Gasteiger partial charge in [0.15, 0.2) is 0 Å². The molecular weight excluding hydrogens is 418 g/mol. The van der Waals surface area contributed by atoms with Crippen molar-refractivity contribution >= 4 is 34.4 Å². The summed E-state index contributed by atoms with van der Waals surface area (Å²) in [6.45, 7) is 2.94. The first-order valence-electron chi connectivity index (χ1n) is 9.85. The number of anilines is 1. The fraction of sp³-hybridized carbons (Fsp3) is 0.318. The van der Waals surface area contributed by atoms with E-state index in [1.54, 1.807) is 36.1 Å². The molecule has 2 N–H and O–H groups in total.